The first kappa shape index (κ1) is 11.4. The lowest BCUT2D eigenvalue weighted by Crippen LogP contribution is -2.10. The fourth-order valence-electron chi connectivity index (χ4n) is 1.61. The molecule has 0 amide bonds. The molecule has 0 aromatic carbocycles. The maximum Gasteiger partial charge on any atom is 0.149 e. The van der Waals surface area contributed by atoms with Crippen LogP contribution in [-0.2, 0) is 0 Å². The second kappa shape index (κ2) is 4.82. The van der Waals surface area contributed by atoms with Crippen molar-refractivity contribution < 1.29 is 0 Å². The quantitative estimate of drug-likeness (QED) is 0.847. The van der Waals surface area contributed by atoms with Crippen molar-refractivity contribution in [3.63, 3.8) is 0 Å². The van der Waals surface area contributed by atoms with E-state index in [0.717, 1.165) is 16.9 Å². The fourth-order valence-corrected chi connectivity index (χ4v) is 1.61. The number of anilines is 2. The number of hydrogen-bond acceptors (Lipinski definition) is 4. The molecule has 0 aliphatic heterocycles. The van der Waals surface area contributed by atoms with Crippen LogP contribution in [0.4, 0.5) is 11.5 Å². The number of aryl methyl sites for hydroxylation is 1. The molecule has 0 fully saturated rings. The molecule has 1 atom stereocenters. The number of nitrogens with one attached hydrogen (secondary N) is 1. The van der Waals surface area contributed by atoms with Gasteiger partial charge in [0, 0.05) is 18.6 Å². The van der Waals surface area contributed by atoms with Gasteiger partial charge in [0.15, 0.2) is 0 Å². The zero-order valence-electron chi connectivity index (χ0n) is 10.0. The first-order valence-corrected chi connectivity index (χ1v) is 5.56. The Balaban J connectivity index is 2.19. The summed E-state index contributed by atoms with van der Waals surface area (Å²) in [6.07, 6.45) is 5.35. The number of nitrogens with zero attached hydrogens (tertiary/aromatic N) is 2. The zero-order valence-corrected chi connectivity index (χ0v) is 10.0. The predicted molar refractivity (Wildman–Crippen MR) is 69.7 cm³/mol. The number of nitrogen functional groups attached to an aromatic ring is 1. The molecule has 2 rings (SSSR count). The minimum Gasteiger partial charge on any atom is -0.396 e. The van der Waals surface area contributed by atoms with Crippen molar-refractivity contribution in [2.75, 3.05) is 11.1 Å². The molecular weight excluding hydrogens is 212 g/mol. The van der Waals surface area contributed by atoms with Gasteiger partial charge in [0.1, 0.15) is 5.82 Å². The van der Waals surface area contributed by atoms with Crippen molar-refractivity contribution >= 4 is 11.5 Å². The van der Waals surface area contributed by atoms with Crippen molar-refractivity contribution in [2.24, 2.45) is 0 Å². The van der Waals surface area contributed by atoms with Crippen LogP contribution in [0.25, 0.3) is 0 Å². The van der Waals surface area contributed by atoms with Crippen LogP contribution >= 0.6 is 0 Å². The molecule has 2 aromatic heterocycles. The zero-order chi connectivity index (χ0) is 12.3. The molecule has 0 aliphatic carbocycles. The molecule has 0 spiro atoms. The van der Waals surface area contributed by atoms with Crippen LogP contribution in [0.15, 0.2) is 36.8 Å². The van der Waals surface area contributed by atoms with E-state index in [9.17, 15) is 0 Å². The number of hydrogen-bond donors (Lipinski definition) is 2. The smallest absolute Gasteiger partial charge is 0.149 e. The van der Waals surface area contributed by atoms with E-state index in [1.807, 2.05) is 31.3 Å². The molecule has 4 nitrogen and oxygen atoms in total. The second-order valence-corrected chi connectivity index (χ2v) is 4.04. The molecular formula is C13H16N4. The van der Waals surface area contributed by atoms with Gasteiger partial charge in [0.05, 0.1) is 11.7 Å². The van der Waals surface area contributed by atoms with Crippen molar-refractivity contribution in [2.45, 2.75) is 19.9 Å². The molecule has 0 bridgehead atoms. The van der Waals surface area contributed by atoms with E-state index in [4.69, 9.17) is 5.73 Å². The van der Waals surface area contributed by atoms with Crippen molar-refractivity contribution in [1.82, 2.24) is 9.97 Å². The van der Waals surface area contributed by atoms with Gasteiger partial charge in [-0.2, -0.15) is 0 Å². The number of nitrogens with two attached hydrogens (primary N) is 1. The van der Waals surface area contributed by atoms with Crippen LogP contribution in [0.1, 0.15) is 24.1 Å². The summed E-state index contributed by atoms with van der Waals surface area (Å²) in [6, 6.07) is 5.97. The van der Waals surface area contributed by atoms with Gasteiger partial charge in [0.2, 0.25) is 0 Å². The van der Waals surface area contributed by atoms with E-state index < -0.39 is 0 Å². The van der Waals surface area contributed by atoms with Gasteiger partial charge in [-0.05, 0) is 37.1 Å². The predicted octanol–water partition coefficient (Wildman–Crippen LogP) is 2.54. The first-order valence-electron chi connectivity index (χ1n) is 5.56. The Labute approximate surface area is 101 Å². The minimum atomic E-state index is 0.125. The van der Waals surface area contributed by atoms with Crippen LogP contribution in [0, 0.1) is 6.92 Å². The average molecular weight is 228 g/mol. The summed E-state index contributed by atoms with van der Waals surface area (Å²) in [4.78, 5) is 8.34. The van der Waals surface area contributed by atoms with Crippen LogP contribution in [0.3, 0.4) is 0 Å². The molecule has 0 saturated heterocycles. The lowest BCUT2D eigenvalue weighted by Gasteiger charge is -2.16. The minimum absolute atomic E-state index is 0.125. The van der Waals surface area contributed by atoms with E-state index >= 15 is 0 Å². The van der Waals surface area contributed by atoms with Crippen molar-refractivity contribution in [3.05, 3.63) is 47.9 Å². The molecule has 4 heteroatoms. The molecule has 0 aliphatic rings. The van der Waals surface area contributed by atoms with Gasteiger partial charge in [-0.3, -0.25) is 4.98 Å². The molecule has 3 N–H and O–H groups in total. The third-order valence-corrected chi connectivity index (χ3v) is 2.75. The van der Waals surface area contributed by atoms with Gasteiger partial charge < -0.3 is 11.1 Å². The Morgan fingerprint density at radius 1 is 1.29 bits per heavy atom. The van der Waals surface area contributed by atoms with Gasteiger partial charge in [0.25, 0.3) is 0 Å². The highest BCUT2D eigenvalue weighted by atomic mass is 15.0. The first-order chi connectivity index (χ1) is 8.18. The van der Waals surface area contributed by atoms with Gasteiger partial charge in [-0.1, -0.05) is 6.07 Å². The van der Waals surface area contributed by atoms with Gasteiger partial charge in [-0.25, -0.2) is 4.98 Å². The third-order valence-electron chi connectivity index (χ3n) is 2.75. The third kappa shape index (κ3) is 2.53. The molecule has 17 heavy (non-hydrogen) atoms. The van der Waals surface area contributed by atoms with E-state index in [1.165, 1.54) is 0 Å². The molecule has 0 saturated carbocycles. The van der Waals surface area contributed by atoms with E-state index in [2.05, 4.69) is 22.2 Å². The van der Waals surface area contributed by atoms with Crippen LogP contribution < -0.4 is 11.1 Å². The van der Waals surface area contributed by atoms with E-state index in [0.29, 0.717) is 5.69 Å². The summed E-state index contributed by atoms with van der Waals surface area (Å²) in [5.41, 5.74) is 8.80. The number of pyridine rings is 2. The summed E-state index contributed by atoms with van der Waals surface area (Å²) in [7, 11) is 0. The van der Waals surface area contributed by atoms with Crippen LogP contribution in [-0.4, -0.2) is 9.97 Å². The highest BCUT2D eigenvalue weighted by molar-refractivity contribution is 5.65. The summed E-state index contributed by atoms with van der Waals surface area (Å²) in [6.45, 7) is 4.03. The standard InChI is InChI=1S/C13H16N4/c1-9-5-7-16-13(12(9)14)17-10(2)11-4-3-6-15-8-11/h3-8,10H,14H2,1-2H3,(H,16,17). The van der Waals surface area contributed by atoms with Gasteiger partial charge >= 0.3 is 0 Å². The number of rotatable bonds is 3. The lowest BCUT2D eigenvalue weighted by molar-refractivity contribution is 0.867. The molecule has 0 radical (unpaired) electrons. The Morgan fingerprint density at radius 3 is 2.82 bits per heavy atom. The van der Waals surface area contributed by atoms with Crippen molar-refractivity contribution in [3.8, 4) is 0 Å². The highest BCUT2D eigenvalue weighted by Crippen LogP contribution is 2.23. The van der Waals surface area contributed by atoms with Crippen LogP contribution in [0.2, 0.25) is 0 Å². The monoisotopic (exact) mass is 228 g/mol. The van der Waals surface area contributed by atoms with Gasteiger partial charge in [-0.15, -0.1) is 0 Å². The normalized spacial score (nSPS) is 12.1. The maximum absolute atomic E-state index is 5.97. The molecule has 2 heterocycles. The molecule has 1 unspecified atom stereocenters. The topological polar surface area (TPSA) is 63.8 Å². The maximum atomic E-state index is 5.97. The van der Waals surface area contributed by atoms with Crippen molar-refractivity contribution in [1.29, 1.82) is 0 Å². The Morgan fingerprint density at radius 2 is 2.12 bits per heavy atom. The largest absolute Gasteiger partial charge is 0.396 e. The average Bonchev–Trinajstić information content (AvgIpc) is 2.36. The summed E-state index contributed by atoms with van der Waals surface area (Å²) >= 11 is 0. The summed E-state index contributed by atoms with van der Waals surface area (Å²) < 4.78 is 0. The lowest BCUT2D eigenvalue weighted by atomic mass is 10.1. The fraction of sp³-hybridized carbons (Fsp3) is 0.231. The molecule has 88 valence electrons. The highest BCUT2D eigenvalue weighted by Gasteiger charge is 2.08. The SMILES string of the molecule is Cc1ccnc(NC(C)c2cccnc2)c1N. The summed E-state index contributed by atoms with van der Waals surface area (Å²) in [5.74, 6) is 0.723. The molecule has 2 aromatic rings. The van der Waals surface area contributed by atoms with E-state index in [1.54, 1.807) is 12.4 Å². The number of aromatic nitrogens is 2. The Kier molecular flexibility index (Phi) is 3.23. The summed E-state index contributed by atoms with van der Waals surface area (Å²) in [5, 5.41) is 3.29. The Bertz CT molecular complexity index is 496. The second-order valence-electron chi connectivity index (χ2n) is 4.04. The van der Waals surface area contributed by atoms with E-state index in [-0.39, 0.29) is 6.04 Å². The Hall–Kier alpha value is -2.10. The van der Waals surface area contributed by atoms with Crippen LogP contribution in [0.5, 0.6) is 0 Å².